The average Bonchev–Trinajstić information content (AvgIpc) is 2.81. The largest absolute Gasteiger partial charge is 0.379 e. The molecule has 4 rings (SSSR count). The van der Waals surface area contributed by atoms with Gasteiger partial charge >= 0.3 is 0 Å². The number of nitrogens with zero attached hydrogens (tertiary/aromatic N) is 2. The first-order valence-corrected chi connectivity index (χ1v) is 13.0. The van der Waals surface area contributed by atoms with Crippen molar-refractivity contribution in [2.45, 2.75) is 31.1 Å². The van der Waals surface area contributed by atoms with E-state index in [-0.39, 0.29) is 16.4 Å². The summed E-state index contributed by atoms with van der Waals surface area (Å²) in [5.74, 6) is 0.131. The summed E-state index contributed by atoms with van der Waals surface area (Å²) >= 11 is 0. The van der Waals surface area contributed by atoms with Gasteiger partial charge in [-0.1, -0.05) is 6.92 Å². The molecule has 0 aliphatic carbocycles. The minimum absolute atomic E-state index is 0.137. The number of amides is 1. The van der Waals surface area contributed by atoms with Crippen LogP contribution in [0.1, 0.15) is 36.5 Å². The van der Waals surface area contributed by atoms with Gasteiger partial charge in [0.1, 0.15) is 0 Å². The first-order chi connectivity index (χ1) is 15.8. The van der Waals surface area contributed by atoms with E-state index >= 15 is 0 Å². The van der Waals surface area contributed by atoms with Crippen molar-refractivity contribution in [3.05, 3.63) is 40.2 Å². The molecule has 33 heavy (non-hydrogen) atoms. The van der Waals surface area contributed by atoms with Crippen LogP contribution in [-0.2, 0) is 14.8 Å². The molecule has 0 unspecified atom stereocenters. The van der Waals surface area contributed by atoms with Crippen molar-refractivity contribution >= 4 is 26.8 Å². The molecule has 1 amide bonds. The van der Waals surface area contributed by atoms with Crippen molar-refractivity contribution in [2.24, 2.45) is 5.92 Å². The highest BCUT2D eigenvalue weighted by Gasteiger charge is 2.28. The summed E-state index contributed by atoms with van der Waals surface area (Å²) in [6.07, 6.45) is 2.44. The number of fused-ring (bicyclic) bond motifs is 1. The van der Waals surface area contributed by atoms with Crippen LogP contribution in [0.5, 0.6) is 0 Å². The normalized spacial score (nSPS) is 19.1. The molecule has 9 nitrogen and oxygen atoms in total. The van der Waals surface area contributed by atoms with Crippen molar-refractivity contribution in [3.63, 3.8) is 0 Å². The molecule has 2 N–H and O–H groups in total. The van der Waals surface area contributed by atoms with Crippen LogP contribution >= 0.6 is 0 Å². The van der Waals surface area contributed by atoms with E-state index < -0.39 is 15.6 Å². The molecule has 0 bridgehead atoms. The third kappa shape index (κ3) is 5.63. The van der Waals surface area contributed by atoms with Gasteiger partial charge in [-0.25, -0.2) is 8.42 Å². The van der Waals surface area contributed by atoms with Crippen molar-refractivity contribution < 1.29 is 17.9 Å². The van der Waals surface area contributed by atoms with E-state index in [1.54, 1.807) is 6.07 Å². The Balaban J connectivity index is 1.51. The van der Waals surface area contributed by atoms with Gasteiger partial charge in [-0.05, 0) is 49.9 Å². The Hall–Kier alpha value is -2.27. The lowest BCUT2D eigenvalue weighted by Crippen LogP contribution is -2.38. The van der Waals surface area contributed by atoms with Gasteiger partial charge in [0.05, 0.1) is 23.7 Å². The number of morpholine rings is 1. The number of aromatic amines is 1. The molecule has 2 aliphatic rings. The summed E-state index contributed by atoms with van der Waals surface area (Å²) in [6, 6.07) is 5.79. The number of aromatic nitrogens is 1. The predicted octanol–water partition coefficient (Wildman–Crippen LogP) is 1.40. The lowest BCUT2D eigenvalue weighted by atomic mass is 10.0. The van der Waals surface area contributed by atoms with Crippen molar-refractivity contribution in [1.29, 1.82) is 0 Å². The quantitative estimate of drug-likeness (QED) is 0.585. The van der Waals surface area contributed by atoms with Gasteiger partial charge in [0.2, 0.25) is 15.6 Å². The Morgan fingerprint density at radius 3 is 2.61 bits per heavy atom. The minimum atomic E-state index is -3.67. The highest BCUT2D eigenvalue weighted by atomic mass is 32.2. The standard InChI is InChI=1S/C23H32N4O5S/c1-17-5-9-27(10-6-17)33(30,31)18-3-4-21-19(15-18)20(16-22(28)25-21)23(29)24-7-2-8-26-11-13-32-14-12-26/h3-4,15-17H,2,5-14H2,1H3,(H,24,29)(H,25,28). The Morgan fingerprint density at radius 2 is 1.88 bits per heavy atom. The molecule has 2 aliphatic heterocycles. The van der Waals surface area contributed by atoms with Gasteiger partial charge in [-0.2, -0.15) is 4.31 Å². The SMILES string of the molecule is CC1CCN(S(=O)(=O)c2ccc3[nH]c(=O)cc(C(=O)NCCCN4CCOCC4)c3c2)CC1. The van der Waals surface area contributed by atoms with Crippen LogP contribution in [0.25, 0.3) is 10.9 Å². The zero-order valence-electron chi connectivity index (χ0n) is 19.0. The van der Waals surface area contributed by atoms with Gasteiger partial charge in [-0.15, -0.1) is 0 Å². The molecule has 1 aromatic carbocycles. The molecule has 0 spiro atoms. The Morgan fingerprint density at radius 1 is 1.15 bits per heavy atom. The number of rotatable bonds is 7. The second-order valence-corrected chi connectivity index (χ2v) is 10.8. The van der Waals surface area contributed by atoms with Gasteiger partial charge in [0, 0.05) is 49.7 Å². The number of sulfonamides is 1. The average molecular weight is 477 g/mol. The maximum absolute atomic E-state index is 13.2. The second kappa shape index (κ2) is 10.3. The number of carbonyl (C=O) groups is 1. The number of pyridine rings is 1. The lowest BCUT2D eigenvalue weighted by Gasteiger charge is -2.29. The van der Waals surface area contributed by atoms with Gasteiger partial charge in [-0.3, -0.25) is 14.5 Å². The third-order valence-electron chi connectivity index (χ3n) is 6.48. The van der Waals surface area contributed by atoms with Gasteiger partial charge in [0.25, 0.3) is 5.91 Å². The summed E-state index contributed by atoms with van der Waals surface area (Å²) in [6.45, 7) is 7.67. The Bertz CT molecular complexity index is 1150. The van der Waals surface area contributed by atoms with Crippen LogP contribution in [-0.4, -0.2) is 81.0 Å². The molecule has 10 heteroatoms. The molecule has 180 valence electrons. The number of piperidine rings is 1. The van der Waals surface area contributed by atoms with Crippen LogP contribution < -0.4 is 10.9 Å². The highest BCUT2D eigenvalue weighted by molar-refractivity contribution is 7.89. The van der Waals surface area contributed by atoms with Crippen molar-refractivity contribution in [1.82, 2.24) is 19.5 Å². The van der Waals surface area contributed by atoms with Crippen molar-refractivity contribution in [2.75, 3.05) is 52.5 Å². The summed E-state index contributed by atoms with van der Waals surface area (Å²) in [5.41, 5.74) is 0.221. The number of carbonyl (C=O) groups excluding carboxylic acids is 1. The highest BCUT2D eigenvalue weighted by Crippen LogP contribution is 2.26. The molecule has 1 aromatic heterocycles. The zero-order valence-corrected chi connectivity index (χ0v) is 19.8. The zero-order chi connectivity index (χ0) is 23.4. The van der Waals surface area contributed by atoms with Crippen LogP contribution in [0, 0.1) is 5.92 Å². The molecule has 0 radical (unpaired) electrons. The topological polar surface area (TPSA) is 112 Å². The first kappa shape index (κ1) is 23.9. The molecule has 2 saturated heterocycles. The van der Waals surface area contributed by atoms with E-state index in [9.17, 15) is 18.0 Å². The van der Waals surface area contributed by atoms with Crippen LogP contribution in [0.15, 0.2) is 34.0 Å². The molecule has 2 aromatic rings. The van der Waals surface area contributed by atoms with Gasteiger partial charge < -0.3 is 15.0 Å². The Labute approximate surface area is 194 Å². The summed E-state index contributed by atoms with van der Waals surface area (Å²) in [7, 11) is -3.67. The maximum Gasteiger partial charge on any atom is 0.252 e. The van der Waals surface area contributed by atoms with E-state index in [0.29, 0.717) is 36.5 Å². The third-order valence-corrected chi connectivity index (χ3v) is 8.37. The molecule has 0 atom stereocenters. The minimum Gasteiger partial charge on any atom is -0.379 e. The summed E-state index contributed by atoms with van der Waals surface area (Å²) in [4.78, 5) is 30.2. The molecular weight excluding hydrogens is 444 g/mol. The first-order valence-electron chi connectivity index (χ1n) is 11.6. The van der Waals surface area contributed by atoms with Crippen molar-refractivity contribution in [3.8, 4) is 0 Å². The Kier molecular flexibility index (Phi) is 7.48. The van der Waals surface area contributed by atoms with E-state index in [1.165, 1.54) is 22.5 Å². The van der Waals surface area contributed by atoms with E-state index in [0.717, 1.165) is 52.1 Å². The lowest BCUT2D eigenvalue weighted by molar-refractivity contribution is 0.0374. The number of benzene rings is 1. The fraction of sp³-hybridized carbons (Fsp3) is 0.565. The number of nitrogens with one attached hydrogen (secondary N) is 2. The second-order valence-electron chi connectivity index (χ2n) is 8.90. The fourth-order valence-electron chi connectivity index (χ4n) is 4.38. The predicted molar refractivity (Wildman–Crippen MR) is 126 cm³/mol. The smallest absolute Gasteiger partial charge is 0.252 e. The molecule has 0 saturated carbocycles. The van der Waals surface area contributed by atoms with Gasteiger partial charge in [0.15, 0.2) is 0 Å². The van der Waals surface area contributed by atoms with E-state index in [4.69, 9.17) is 4.74 Å². The maximum atomic E-state index is 13.2. The fourth-order valence-corrected chi connectivity index (χ4v) is 5.88. The van der Waals surface area contributed by atoms with E-state index in [1.807, 2.05) is 0 Å². The van der Waals surface area contributed by atoms with Crippen LogP contribution in [0.3, 0.4) is 0 Å². The number of hydrogen-bond acceptors (Lipinski definition) is 6. The molecular formula is C23H32N4O5S. The van der Waals surface area contributed by atoms with Crippen LogP contribution in [0.4, 0.5) is 0 Å². The number of H-pyrrole nitrogens is 1. The summed E-state index contributed by atoms with van der Waals surface area (Å²) < 4.78 is 33.2. The number of ether oxygens (including phenoxy) is 1. The van der Waals surface area contributed by atoms with E-state index in [2.05, 4.69) is 22.1 Å². The molecule has 2 fully saturated rings. The molecule has 3 heterocycles. The summed E-state index contributed by atoms with van der Waals surface area (Å²) in [5, 5.41) is 3.30. The monoisotopic (exact) mass is 476 g/mol. The van der Waals surface area contributed by atoms with Crippen LogP contribution in [0.2, 0.25) is 0 Å². The number of hydrogen-bond donors (Lipinski definition) is 2.